The fourth-order valence-corrected chi connectivity index (χ4v) is 4.72. The first-order chi connectivity index (χ1) is 19.3. The molecule has 0 spiro atoms. The quantitative estimate of drug-likeness (QED) is 0.233. The second-order valence-electron chi connectivity index (χ2n) is 9.23. The molecule has 2 N–H and O–H groups in total. The van der Waals surface area contributed by atoms with Crippen molar-refractivity contribution in [2.75, 3.05) is 36.5 Å². The van der Waals surface area contributed by atoms with E-state index in [2.05, 4.69) is 15.6 Å². The van der Waals surface area contributed by atoms with Gasteiger partial charge in [0, 0.05) is 42.0 Å². The molecular formula is C30H26ClF3N4O2. The zero-order valence-corrected chi connectivity index (χ0v) is 22.1. The van der Waals surface area contributed by atoms with Gasteiger partial charge in [0.25, 0.3) is 5.91 Å². The van der Waals surface area contributed by atoms with Gasteiger partial charge >= 0.3 is 6.18 Å². The molecule has 0 unspecified atom stereocenters. The van der Waals surface area contributed by atoms with Gasteiger partial charge in [-0.3, -0.25) is 4.79 Å². The van der Waals surface area contributed by atoms with E-state index in [9.17, 15) is 18.0 Å². The Morgan fingerprint density at radius 1 is 1.02 bits per heavy atom. The summed E-state index contributed by atoms with van der Waals surface area (Å²) in [6.07, 6.45) is -2.79. The van der Waals surface area contributed by atoms with E-state index in [-0.39, 0.29) is 23.0 Å². The number of anilines is 2. The SMILES string of the molecule is O=C(NCCOc1ccccc1)c1ccc(-c2cnc3c(c2)N(Cc2cc(Cl)ccc2C(F)(F)F)CCN3)cc1. The molecule has 0 bridgehead atoms. The van der Waals surface area contributed by atoms with Gasteiger partial charge in [-0.1, -0.05) is 41.9 Å². The summed E-state index contributed by atoms with van der Waals surface area (Å²) in [6.45, 7) is 1.77. The fraction of sp³-hybridized carbons (Fsp3) is 0.200. The van der Waals surface area contributed by atoms with E-state index >= 15 is 0 Å². The molecule has 1 aliphatic heterocycles. The van der Waals surface area contributed by atoms with Gasteiger partial charge in [-0.15, -0.1) is 0 Å². The first-order valence-electron chi connectivity index (χ1n) is 12.7. The van der Waals surface area contributed by atoms with Crippen molar-refractivity contribution < 1.29 is 22.7 Å². The number of carbonyl (C=O) groups excluding carboxylic acids is 1. The van der Waals surface area contributed by atoms with Crippen molar-refractivity contribution in [2.24, 2.45) is 0 Å². The Morgan fingerprint density at radius 2 is 1.80 bits per heavy atom. The number of rotatable bonds is 8. The summed E-state index contributed by atoms with van der Waals surface area (Å²) >= 11 is 6.04. The van der Waals surface area contributed by atoms with E-state index in [4.69, 9.17) is 16.3 Å². The summed E-state index contributed by atoms with van der Waals surface area (Å²) in [5, 5.41) is 6.29. The van der Waals surface area contributed by atoms with Gasteiger partial charge in [0.2, 0.25) is 0 Å². The summed E-state index contributed by atoms with van der Waals surface area (Å²) in [7, 11) is 0. The Labute approximate surface area is 234 Å². The maximum Gasteiger partial charge on any atom is 0.416 e. The van der Waals surface area contributed by atoms with E-state index < -0.39 is 11.7 Å². The number of nitrogens with zero attached hydrogens (tertiary/aromatic N) is 2. The Kier molecular flexibility index (Phi) is 8.11. The van der Waals surface area contributed by atoms with Crippen LogP contribution >= 0.6 is 11.6 Å². The molecule has 2 heterocycles. The van der Waals surface area contributed by atoms with Crippen LogP contribution in [0.15, 0.2) is 85.1 Å². The van der Waals surface area contributed by atoms with Gasteiger partial charge < -0.3 is 20.3 Å². The third kappa shape index (κ3) is 6.48. The van der Waals surface area contributed by atoms with Crippen LogP contribution in [0.1, 0.15) is 21.5 Å². The summed E-state index contributed by atoms with van der Waals surface area (Å²) in [6, 6.07) is 22.0. The first-order valence-corrected chi connectivity index (χ1v) is 13.1. The van der Waals surface area contributed by atoms with Crippen molar-refractivity contribution in [3.63, 3.8) is 0 Å². The lowest BCUT2D eigenvalue weighted by molar-refractivity contribution is -0.138. The smallest absolute Gasteiger partial charge is 0.416 e. The van der Waals surface area contributed by atoms with Crippen LogP contribution in [0.3, 0.4) is 0 Å². The lowest BCUT2D eigenvalue weighted by Crippen LogP contribution is -2.34. The van der Waals surface area contributed by atoms with Crippen LogP contribution in [0.4, 0.5) is 24.7 Å². The molecule has 0 aliphatic carbocycles. The molecule has 5 rings (SSSR count). The molecule has 0 fully saturated rings. The highest BCUT2D eigenvalue weighted by atomic mass is 35.5. The molecule has 3 aromatic carbocycles. The van der Waals surface area contributed by atoms with Crippen molar-refractivity contribution in [3.05, 3.63) is 107 Å². The van der Waals surface area contributed by atoms with Crippen LogP contribution in [0.2, 0.25) is 5.02 Å². The van der Waals surface area contributed by atoms with E-state index in [0.29, 0.717) is 43.3 Å². The molecule has 0 atom stereocenters. The van der Waals surface area contributed by atoms with Crippen LogP contribution in [0.5, 0.6) is 5.75 Å². The molecular weight excluding hydrogens is 541 g/mol. The van der Waals surface area contributed by atoms with Gasteiger partial charge in [-0.2, -0.15) is 13.2 Å². The van der Waals surface area contributed by atoms with Crippen LogP contribution < -0.4 is 20.3 Å². The normalized spacial score (nSPS) is 12.8. The zero-order chi connectivity index (χ0) is 28.1. The van der Waals surface area contributed by atoms with Gasteiger partial charge in [-0.25, -0.2) is 4.98 Å². The third-order valence-electron chi connectivity index (χ3n) is 6.50. The maximum absolute atomic E-state index is 13.6. The average molecular weight is 567 g/mol. The minimum absolute atomic E-state index is 0.0301. The first kappa shape index (κ1) is 27.3. The number of aromatic nitrogens is 1. The molecule has 0 radical (unpaired) electrons. The lowest BCUT2D eigenvalue weighted by atomic mass is 10.0. The average Bonchev–Trinajstić information content (AvgIpc) is 2.95. The van der Waals surface area contributed by atoms with Crippen LogP contribution in [0, 0.1) is 0 Å². The molecule has 10 heteroatoms. The number of nitrogens with one attached hydrogen (secondary N) is 2. The molecule has 40 heavy (non-hydrogen) atoms. The zero-order valence-electron chi connectivity index (χ0n) is 21.3. The standard InChI is InChI=1S/C30H26ClF3N4O2/c31-24-10-11-26(30(32,33)34)23(16-24)19-38-14-12-35-28-27(38)17-22(18-37-28)20-6-8-21(9-7-20)29(39)36-13-15-40-25-4-2-1-3-5-25/h1-11,16-18H,12-15,19H2,(H,35,37)(H,36,39). The van der Waals surface area contributed by atoms with Crippen LogP contribution in [-0.2, 0) is 12.7 Å². The minimum atomic E-state index is -4.49. The van der Waals surface area contributed by atoms with Crippen molar-refractivity contribution in [2.45, 2.75) is 12.7 Å². The van der Waals surface area contributed by atoms with Gasteiger partial charge in [0.15, 0.2) is 0 Å². The molecule has 1 amide bonds. The topological polar surface area (TPSA) is 66.5 Å². The minimum Gasteiger partial charge on any atom is -0.492 e. The highest BCUT2D eigenvalue weighted by Crippen LogP contribution is 2.37. The van der Waals surface area contributed by atoms with Crippen LogP contribution in [-0.4, -0.2) is 37.1 Å². The molecule has 0 saturated heterocycles. The molecule has 4 aromatic rings. The summed E-state index contributed by atoms with van der Waals surface area (Å²) in [5.74, 6) is 1.12. The largest absolute Gasteiger partial charge is 0.492 e. The highest BCUT2D eigenvalue weighted by molar-refractivity contribution is 6.30. The number of pyridine rings is 1. The second kappa shape index (κ2) is 11.9. The second-order valence-corrected chi connectivity index (χ2v) is 9.67. The number of hydrogen-bond donors (Lipinski definition) is 2. The molecule has 0 saturated carbocycles. The Morgan fingerprint density at radius 3 is 2.55 bits per heavy atom. The number of amides is 1. The fourth-order valence-electron chi connectivity index (χ4n) is 4.52. The summed E-state index contributed by atoms with van der Waals surface area (Å²) in [5.41, 5.74) is 2.18. The van der Waals surface area contributed by atoms with Gasteiger partial charge in [-0.05, 0) is 59.7 Å². The van der Waals surface area contributed by atoms with Crippen molar-refractivity contribution >= 4 is 29.0 Å². The molecule has 1 aromatic heterocycles. The molecule has 206 valence electrons. The predicted octanol–water partition coefficient (Wildman–Crippen LogP) is 6.66. The summed E-state index contributed by atoms with van der Waals surface area (Å²) in [4.78, 5) is 18.9. The van der Waals surface area contributed by atoms with Gasteiger partial charge in [0.05, 0.1) is 17.8 Å². The predicted molar refractivity (Wildman–Crippen MR) is 150 cm³/mol. The molecule has 6 nitrogen and oxygen atoms in total. The van der Waals surface area contributed by atoms with E-state index in [1.165, 1.54) is 12.1 Å². The van der Waals surface area contributed by atoms with Crippen molar-refractivity contribution in [3.8, 4) is 16.9 Å². The Bertz CT molecular complexity index is 1480. The third-order valence-corrected chi connectivity index (χ3v) is 6.73. The number of hydrogen-bond acceptors (Lipinski definition) is 5. The number of carbonyl (C=O) groups is 1. The van der Waals surface area contributed by atoms with E-state index in [0.717, 1.165) is 22.9 Å². The van der Waals surface area contributed by atoms with E-state index in [1.807, 2.05) is 53.4 Å². The van der Waals surface area contributed by atoms with E-state index in [1.54, 1.807) is 18.3 Å². The monoisotopic (exact) mass is 566 g/mol. The Hall–Kier alpha value is -4.24. The number of ether oxygens (including phenoxy) is 1. The molecule has 1 aliphatic rings. The highest BCUT2D eigenvalue weighted by Gasteiger charge is 2.34. The van der Waals surface area contributed by atoms with Gasteiger partial charge in [0.1, 0.15) is 18.2 Å². The number of alkyl halides is 3. The number of benzene rings is 3. The number of halogens is 4. The lowest BCUT2D eigenvalue weighted by Gasteiger charge is -2.32. The number of fused-ring (bicyclic) bond motifs is 1. The van der Waals surface area contributed by atoms with Crippen LogP contribution in [0.25, 0.3) is 11.1 Å². The van der Waals surface area contributed by atoms with Crippen molar-refractivity contribution in [1.82, 2.24) is 10.3 Å². The summed E-state index contributed by atoms with van der Waals surface area (Å²) < 4.78 is 46.5. The maximum atomic E-state index is 13.6. The Balaban J connectivity index is 1.28. The van der Waals surface area contributed by atoms with Crippen molar-refractivity contribution in [1.29, 1.82) is 0 Å². The number of para-hydroxylation sites is 1.